The van der Waals surface area contributed by atoms with Crippen molar-refractivity contribution in [3.8, 4) is 17.0 Å². The number of amides is 1. The Balaban J connectivity index is 0.000000520. The van der Waals surface area contributed by atoms with E-state index in [2.05, 4.69) is 13.2 Å². The number of carbonyl (C=O) groups excluding carboxylic acids is 1. The first-order valence-electron chi connectivity index (χ1n) is 12.6. The summed E-state index contributed by atoms with van der Waals surface area (Å²) in [6.45, 7) is 8.61. The maximum Gasteiger partial charge on any atom is 0.410 e. The number of hydrogen-bond donors (Lipinski definition) is 4. The molecule has 1 unspecified atom stereocenters. The minimum absolute atomic E-state index is 0.00432. The van der Waals surface area contributed by atoms with Crippen LogP contribution < -0.4 is 11.5 Å². The van der Waals surface area contributed by atoms with Crippen molar-refractivity contribution >= 4 is 17.6 Å². The average molecular weight is 526 g/mol. The van der Waals surface area contributed by atoms with Crippen LogP contribution in [0.25, 0.3) is 11.3 Å². The number of nitrogens with one attached hydrogen (secondary N) is 1. The van der Waals surface area contributed by atoms with Crippen molar-refractivity contribution in [2.24, 2.45) is 5.73 Å². The van der Waals surface area contributed by atoms with Crippen molar-refractivity contribution in [2.45, 2.75) is 18.8 Å². The van der Waals surface area contributed by atoms with Gasteiger partial charge >= 0.3 is 6.09 Å². The number of benzene rings is 2. The summed E-state index contributed by atoms with van der Waals surface area (Å²) in [5, 5.41) is 16.6. The standard InChI is InChI=1S/C25H29N5O2.C6H6O/c1-3-9-17(4-2)16-32-25(31)30-13-8-12-19(15-30)21-14-20(26)22(24(27)28)23(29-21)18-10-6-5-7-11-18;7-6-4-2-1-3-5-6/h3-7,9-11,14,19H,1-2,8,12-13,15-16H2,(H2,26,29)(H3,27,28);1-5,7H/b17-9+;. The van der Waals surface area contributed by atoms with Gasteiger partial charge in [0.25, 0.3) is 0 Å². The number of aromatic hydroxyl groups is 1. The fourth-order valence-electron chi connectivity index (χ4n) is 4.26. The molecule has 202 valence electrons. The van der Waals surface area contributed by atoms with Crippen LogP contribution in [0.15, 0.2) is 104 Å². The Hall–Kier alpha value is -4.85. The van der Waals surface area contributed by atoms with E-state index < -0.39 is 0 Å². The molecule has 39 heavy (non-hydrogen) atoms. The summed E-state index contributed by atoms with van der Waals surface area (Å²) < 4.78 is 5.45. The van der Waals surface area contributed by atoms with Crippen molar-refractivity contribution in [3.63, 3.8) is 0 Å². The van der Waals surface area contributed by atoms with E-state index in [1.807, 2.05) is 36.4 Å². The Morgan fingerprint density at radius 3 is 2.38 bits per heavy atom. The number of aromatic nitrogens is 1. The number of nitrogens with two attached hydrogens (primary N) is 2. The quantitative estimate of drug-likeness (QED) is 0.179. The topological polar surface area (TPSA) is 139 Å². The molecule has 8 heteroatoms. The molecule has 0 spiro atoms. The SMILES string of the molecule is C=C/C=C(\C=C)COC(=O)N1CCCC(c2cc(N)c(C(=N)N)c(-c3ccccc3)n2)C1.Oc1ccccc1. The van der Waals surface area contributed by atoms with Gasteiger partial charge in [-0.3, -0.25) is 10.4 Å². The lowest BCUT2D eigenvalue weighted by Crippen LogP contribution is -2.40. The first kappa shape index (κ1) is 28.7. The van der Waals surface area contributed by atoms with Crippen LogP contribution in [0.4, 0.5) is 10.5 Å². The second kappa shape index (κ2) is 14.2. The highest BCUT2D eigenvalue weighted by atomic mass is 16.6. The summed E-state index contributed by atoms with van der Waals surface area (Å²) in [6, 6.07) is 20.0. The van der Waals surface area contributed by atoms with Crippen LogP contribution in [-0.4, -0.2) is 46.6 Å². The lowest BCUT2D eigenvalue weighted by Gasteiger charge is -2.32. The Labute approximate surface area is 229 Å². The molecular formula is C31H35N5O3. The van der Waals surface area contributed by atoms with Gasteiger partial charge in [-0.25, -0.2) is 4.79 Å². The molecule has 0 bridgehead atoms. The molecule has 1 aliphatic rings. The lowest BCUT2D eigenvalue weighted by atomic mass is 9.92. The number of hydrogen-bond acceptors (Lipinski definition) is 6. The van der Waals surface area contributed by atoms with Gasteiger partial charge in [0.05, 0.1) is 11.3 Å². The zero-order valence-electron chi connectivity index (χ0n) is 21.9. The van der Waals surface area contributed by atoms with Gasteiger partial charge < -0.3 is 26.2 Å². The fourth-order valence-corrected chi connectivity index (χ4v) is 4.26. The third-order valence-electron chi connectivity index (χ3n) is 6.20. The van der Waals surface area contributed by atoms with Crippen molar-refractivity contribution in [3.05, 3.63) is 115 Å². The highest BCUT2D eigenvalue weighted by Gasteiger charge is 2.28. The van der Waals surface area contributed by atoms with E-state index in [4.69, 9.17) is 31.7 Å². The highest BCUT2D eigenvalue weighted by molar-refractivity contribution is 6.05. The number of nitrogens with zero attached hydrogens (tertiary/aromatic N) is 2. The van der Waals surface area contributed by atoms with E-state index in [0.717, 1.165) is 29.7 Å². The van der Waals surface area contributed by atoms with Crippen LogP contribution in [0.2, 0.25) is 0 Å². The third kappa shape index (κ3) is 8.07. The molecule has 1 aromatic heterocycles. The van der Waals surface area contributed by atoms with Crippen molar-refractivity contribution < 1.29 is 14.6 Å². The molecule has 1 fully saturated rings. The van der Waals surface area contributed by atoms with E-state index in [1.54, 1.807) is 53.5 Å². The summed E-state index contributed by atoms with van der Waals surface area (Å²) >= 11 is 0. The predicted molar refractivity (Wildman–Crippen MR) is 157 cm³/mol. The van der Waals surface area contributed by atoms with Crippen molar-refractivity contribution in [1.29, 1.82) is 5.41 Å². The number of para-hydroxylation sites is 1. The zero-order chi connectivity index (χ0) is 28.2. The second-order valence-electron chi connectivity index (χ2n) is 9.00. The molecule has 1 atom stereocenters. The van der Waals surface area contributed by atoms with Crippen LogP contribution >= 0.6 is 0 Å². The molecule has 4 rings (SSSR count). The van der Waals surface area contributed by atoms with Crippen LogP contribution in [0.5, 0.6) is 5.75 Å². The molecule has 1 saturated heterocycles. The molecule has 0 radical (unpaired) electrons. The second-order valence-corrected chi connectivity index (χ2v) is 9.00. The number of anilines is 1. The molecule has 0 aliphatic carbocycles. The number of phenolic OH excluding ortho intramolecular Hbond substituents is 1. The summed E-state index contributed by atoms with van der Waals surface area (Å²) in [5.41, 5.74) is 15.9. The normalized spacial score (nSPS) is 14.9. The Morgan fingerprint density at radius 2 is 1.82 bits per heavy atom. The first-order valence-corrected chi connectivity index (χ1v) is 12.6. The molecule has 2 aromatic carbocycles. The van der Waals surface area contributed by atoms with Crippen molar-refractivity contribution in [2.75, 3.05) is 25.4 Å². The lowest BCUT2D eigenvalue weighted by molar-refractivity contribution is 0.0988. The maximum absolute atomic E-state index is 12.6. The van der Waals surface area contributed by atoms with Crippen molar-refractivity contribution in [1.82, 2.24) is 9.88 Å². The molecule has 0 saturated carbocycles. The Morgan fingerprint density at radius 1 is 1.15 bits per heavy atom. The number of amidine groups is 1. The van der Waals surface area contributed by atoms with E-state index in [1.165, 1.54) is 0 Å². The minimum Gasteiger partial charge on any atom is -0.508 e. The number of rotatable bonds is 7. The largest absolute Gasteiger partial charge is 0.508 e. The number of likely N-dealkylation sites (tertiary alicyclic amines) is 1. The maximum atomic E-state index is 12.6. The molecule has 1 aliphatic heterocycles. The average Bonchev–Trinajstić information content (AvgIpc) is 2.95. The van der Waals surface area contributed by atoms with Gasteiger partial charge in [0.2, 0.25) is 0 Å². The number of carbonyl (C=O) groups is 1. The zero-order valence-corrected chi connectivity index (χ0v) is 21.9. The fraction of sp³-hybridized carbons (Fsp3) is 0.194. The molecule has 6 N–H and O–H groups in total. The summed E-state index contributed by atoms with van der Waals surface area (Å²) in [6.07, 6.45) is 6.36. The van der Waals surface area contributed by atoms with Gasteiger partial charge in [0.1, 0.15) is 18.2 Å². The Bertz CT molecular complexity index is 1320. The summed E-state index contributed by atoms with van der Waals surface area (Å²) in [5.74, 6) is 0.201. The van der Waals surface area contributed by atoms with Gasteiger partial charge in [0, 0.05) is 36.0 Å². The first-order chi connectivity index (χ1) is 18.8. The van der Waals surface area contributed by atoms with E-state index in [9.17, 15) is 4.79 Å². The molecule has 1 amide bonds. The van der Waals surface area contributed by atoms with Crippen LogP contribution in [-0.2, 0) is 4.74 Å². The van der Waals surface area contributed by atoms with E-state index in [0.29, 0.717) is 35.8 Å². The number of piperidine rings is 1. The van der Waals surface area contributed by atoms with Crippen LogP contribution in [0.3, 0.4) is 0 Å². The predicted octanol–water partition coefficient (Wildman–Crippen LogP) is 5.62. The van der Waals surface area contributed by atoms with Crippen LogP contribution in [0.1, 0.15) is 30.0 Å². The minimum atomic E-state index is -0.372. The molecule has 8 nitrogen and oxygen atoms in total. The molecular weight excluding hydrogens is 490 g/mol. The van der Waals surface area contributed by atoms with Gasteiger partial charge in [-0.05, 0) is 36.6 Å². The number of pyridine rings is 1. The molecule has 2 heterocycles. The van der Waals surface area contributed by atoms with E-state index >= 15 is 0 Å². The number of ether oxygens (including phenoxy) is 1. The number of nitrogen functional groups attached to an aromatic ring is 2. The Kier molecular flexibility index (Phi) is 10.4. The third-order valence-corrected chi connectivity index (χ3v) is 6.20. The van der Waals surface area contributed by atoms with Crippen LogP contribution in [0, 0.1) is 5.41 Å². The van der Waals surface area contributed by atoms with Gasteiger partial charge in [-0.15, -0.1) is 0 Å². The molecule has 3 aromatic rings. The number of allylic oxidation sites excluding steroid dienone is 2. The van der Waals surface area contributed by atoms with Gasteiger partial charge in [-0.1, -0.05) is 79.9 Å². The van der Waals surface area contributed by atoms with Gasteiger partial charge in [-0.2, -0.15) is 0 Å². The van der Waals surface area contributed by atoms with E-state index in [-0.39, 0.29) is 24.5 Å². The smallest absolute Gasteiger partial charge is 0.410 e. The summed E-state index contributed by atoms with van der Waals surface area (Å²) in [7, 11) is 0. The summed E-state index contributed by atoms with van der Waals surface area (Å²) in [4.78, 5) is 19.2. The highest BCUT2D eigenvalue weighted by Crippen LogP contribution is 2.32. The monoisotopic (exact) mass is 525 g/mol. The van der Waals surface area contributed by atoms with Gasteiger partial charge in [0.15, 0.2) is 0 Å². The number of phenols is 1.